The van der Waals surface area contributed by atoms with E-state index in [4.69, 9.17) is 4.74 Å². The van der Waals surface area contributed by atoms with Gasteiger partial charge in [0, 0.05) is 0 Å². The Morgan fingerprint density at radius 1 is 1.24 bits per heavy atom. The predicted octanol–water partition coefficient (Wildman–Crippen LogP) is 3.89. The molecular weight excluding hydrogens is 262 g/mol. The number of H-pyrrole nitrogens is 1. The summed E-state index contributed by atoms with van der Waals surface area (Å²) in [7, 11) is 0. The molecule has 1 aromatic heterocycles. The smallest absolute Gasteiger partial charge is 0.119 e. The van der Waals surface area contributed by atoms with Crippen molar-refractivity contribution in [3.63, 3.8) is 0 Å². The monoisotopic (exact) mass is 287 g/mol. The molecule has 2 aromatic rings. The van der Waals surface area contributed by atoms with Crippen molar-refractivity contribution >= 4 is 0 Å². The Bertz CT molecular complexity index is 537. The van der Waals surface area contributed by atoms with Gasteiger partial charge in [0.1, 0.15) is 5.75 Å². The van der Waals surface area contributed by atoms with Crippen LogP contribution in [0.4, 0.5) is 0 Å². The van der Waals surface area contributed by atoms with Gasteiger partial charge in [-0.25, -0.2) is 0 Å². The van der Waals surface area contributed by atoms with Crippen LogP contribution in [0.25, 0.3) is 0 Å². The second kappa shape index (κ2) is 7.81. The zero-order valence-electron chi connectivity index (χ0n) is 13.2. The van der Waals surface area contributed by atoms with E-state index in [0.717, 1.165) is 43.7 Å². The lowest BCUT2D eigenvalue weighted by Gasteiger charge is -2.19. The molecule has 2 rings (SSSR count). The van der Waals surface area contributed by atoms with Crippen molar-refractivity contribution in [3.05, 3.63) is 41.2 Å². The van der Waals surface area contributed by atoms with Crippen molar-refractivity contribution in [1.82, 2.24) is 15.4 Å². The lowest BCUT2D eigenvalue weighted by molar-refractivity contribution is 0.317. The molecule has 21 heavy (non-hydrogen) atoms. The Kier molecular flexibility index (Phi) is 5.78. The highest BCUT2D eigenvalue weighted by Crippen LogP contribution is 2.29. The van der Waals surface area contributed by atoms with E-state index in [1.807, 2.05) is 6.20 Å². The minimum atomic E-state index is 0.477. The molecule has 1 atom stereocenters. The van der Waals surface area contributed by atoms with Gasteiger partial charge in [0.15, 0.2) is 0 Å². The summed E-state index contributed by atoms with van der Waals surface area (Å²) in [5, 5.41) is 10.8. The molecule has 1 aromatic carbocycles. The summed E-state index contributed by atoms with van der Waals surface area (Å²) in [5.74, 6) is 1.46. The lowest BCUT2D eigenvalue weighted by Crippen LogP contribution is -2.06. The number of aryl methyl sites for hydroxylation is 1. The van der Waals surface area contributed by atoms with Crippen molar-refractivity contribution in [2.75, 3.05) is 6.61 Å². The Labute approximate surface area is 126 Å². The van der Waals surface area contributed by atoms with E-state index < -0.39 is 0 Å². The number of hydrogen-bond donors (Lipinski definition) is 1. The van der Waals surface area contributed by atoms with E-state index in [-0.39, 0.29) is 0 Å². The molecule has 114 valence electrons. The fourth-order valence-electron chi connectivity index (χ4n) is 2.65. The van der Waals surface area contributed by atoms with Crippen LogP contribution in [-0.4, -0.2) is 22.0 Å². The Hall–Kier alpha value is -1.84. The molecular formula is C17H25N3O. The minimum Gasteiger partial charge on any atom is -0.494 e. The fourth-order valence-corrected chi connectivity index (χ4v) is 2.65. The molecule has 0 radical (unpaired) electrons. The largest absolute Gasteiger partial charge is 0.494 e. The SMILES string of the molecule is CCCOc1ccc(C(CC)Cc2cn[nH]n2)c(CC)c1. The van der Waals surface area contributed by atoms with Gasteiger partial charge in [-0.15, -0.1) is 0 Å². The summed E-state index contributed by atoms with van der Waals surface area (Å²) in [6.07, 6.45) is 5.89. The molecule has 1 unspecified atom stereocenters. The van der Waals surface area contributed by atoms with Crippen molar-refractivity contribution in [2.45, 2.75) is 52.4 Å². The number of hydrogen-bond acceptors (Lipinski definition) is 3. The first kappa shape index (κ1) is 15.5. The van der Waals surface area contributed by atoms with Gasteiger partial charge in [-0.1, -0.05) is 26.8 Å². The van der Waals surface area contributed by atoms with Crippen LogP contribution in [0.15, 0.2) is 24.4 Å². The van der Waals surface area contributed by atoms with Crippen molar-refractivity contribution in [3.8, 4) is 5.75 Å². The fraction of sp³-hybridized carbons (Fsp3) is 0.529. The van der Waals surface area contributed by atoms with Gasteiger partial charge in [-0.05, 0) is 54.9 Å². The van der Waals surface area contributed by atoms with Gasteiger partial charge in [-0.3, -0.25) is 0 Å². The number of rotatable bonds is 8. The van der Waals surface area contributed by atoms with E-state index in [1.54, 1.807) is 0 Å². The molecule has 0 amide bonds. The molecule has 0 spiro atoms. The van der Waals surface area contributed by atoms with Crippen LogP contribution in [0.1, 0.15) is 56.4 Å². The summed E-state index contributed by atoms with van der Waals surface area (Å²) < 4.78 is 5.74. The first-order chi connectivity index (χ1) is 10.3. The normalized spacial score (nSPS) is 12.3. The van der Waals surface area contributed by atoms with Crippen LogP contribution < -0.4 is 4.74 Å². The maximum absolute atomic E-state index is 5.74. The summed E-state index contributed by atoms with van der Waals surface area (Å²) in [6.45, 7) is 7.33. The first-order valence-electron chi connectivity index (χ1n) is 7.88. The molecule has 1 N–H and O–H groups in total. The Balaban J connectivity index is 2.19. The van der Waals surface area contributed by atoms with Crippen LogP contribution in [0.5, 0.6) is 5.75 Å². The number of benzene rings is 1. The van der Waals surface area contributed by atoms with Crippen LogP contribution >= 0.6 is 0 Å². The third-order valence-electron chi connectivity index (χ3n) is 3.82. The van der Waals surface area contributed by atoms with E-state index in [9.17, 15) is 0 Å². The van der Waals surface area contributed by atoms with Crippen LogP contribution in [0.3, 0.4) is 0 Å². The highest BCUT2D eigenvalue weighted by Gasteiger charge is 2.15. The van der Waals surface area contributed by atoms with Gasteiger partial charge in [0.2, 0.25) is 0 Å². The van der Waals surface area contributed by atoms with Gasteiger partial charge < -0.3 is 4.74 Å². The number of nitrogens with zero attached hydrogens (tertiary/aromatic N) is 2. The minimum absolute atomic E-state index is 0.477. The summed E-state index contributed by atoms with van der Waals surface area (Å²) in [6, 6.07) is 6.50. The second-order valence-corrected chi connectivity index (χ2v) is 5.33. The lowest BCUT2D eigenvalue weighted by atomic mass is 9.87. The van der Waals surface area contributed by atoms with E-state index in [1.165, 1.54) is 11.1 Å². The Morgan fingerprint density at radius 3 is 2.71 bits per heavy atom. The molecule has 0 saturated carbocycles. The molecule has 0 bridgehead atoms. The number of aromatic amines is 1. The topological polar surface area (TPSA) is 50.8 Å². The number of aromatic nitrogens is 3. The van der Waals surface area contributed by atoms with Crippen LogP contribution in [-0.2, 0) is 12.8 Å². The first-order valence-corrected chi connectivity index (χ1v) is 7.88. The Morgan fingerprint density at radius 2 is 2.10 bits per heavy atom. The van der Waals surface area contributed by atoms with Crippen molar-refractivity contribution in [2.24, 2.45) is 0 Å². The molecule has 4 nitrogen and oxygen atoms in total. The zero-order chi connectivity index (χ0) is 15.1. The molecule has 0 saturated heterocycles. The zero-order valence-corrected chi connectivity index (χ0v) is 13.2. The van der Waals surface area contributed by atoms with Gasteiger partial charge in [-0.2, -0.15) is 15.4 Å². The van der Waals surface area contributed by atoms with Crippen LogP contribution in [0.2, 0.25) is 0 Å². The highest BCUT2D eigenvalue weighted by atomic mass is 16.5. The summed E-state index contributed by atoms with van der Waals surface area (Å²) in [5.41, 5.74) is 3.81. The maximum atomic E-state index is 5.74. The predicted molar refractivity (Wildman–Crippen MR) is 84.7 cm³/mol. The van der Waals surface area contributed by atoms with Gasteiger partial charge in [0.25, 0.3) is 0 Å². The van der Waals surface area contributed by atoms with Crippen LogP contribution in [0, 0.1) is 0 Å². The van der Waals surface area contributed by atoms with Gasteiger partial charge in [0.05, 0.1) is 18.5 Å². The van der Waals surface area contributed by atoms with Gasteiger partial charge >= 0.3 is 0 Å². The quantitative estimate of drug-likeness (QED) is 0.801. The maximum Gasteiger partial charge on any atom is 0.119 e. The molecule has 0 aliphatic heterocycles. The standard InChI is InChI=1S/C17H25N3O/c1-4-9-21-16-7-8-17(14(6-3)11-16)13(5-2)10-15-12-18-20-19-15/h7-8,11-13H,4-6,9-10H2,1-3H3,(H,18,19,20). The van der Waals surface area contributed by atoms with E-state index in [0.29, 0.717) is 5.92 Å². The molecule has 0 fully saturated rings. The third-order valence-corrected chi connectivity index (χ3v) is 3.82. The molecule has 0 aliphatic rings. The van der Waals surface area contributed by atoms with Crippen molar-refractivity contribution < 1.29 is 4.74 Å². The molecule has 4 heteroatoms. The van der Waals surface area contributed by atoms with Crippen molar-refractivity contribution in [1.29, 1.82) is 0 Å². The summed E-state index contributed by atoms with van der Waals surface area (Å²) >= 11 is 0. The number of nitrogens with one attached hydrogen (secondary N) is 1. The molecule has 0 aliphatic carbocycles. The third kappa shape index (κ3) is 4.06. The highest BCUT2D eigenvalue weighted by molar-refractivity contribution is 5.38. The average molecular weight is 287 g/mol. The van der Waals surface area contributed by atoms with E-state index >= 15 is 0 Å². The summed E-state index contributed by atoms with van der Waals surface area (Å²) in [4.78, 5) is 0. The average Bonchev–Trinajstić information content (AvgIpc) is 3.03. The van der Waals surface area contributed by atoms with E-state index in [2.05, 4.69) is 54.4 Å². The second-order valence-electron chi connectivity index (χ2n) is 5.33. The molecule has 1 heterocycles. The number of ether oxygens (including phenoxy) is 1.